The Balaban J connectivity index is 1.54. The first-order chi connectivity index (χ1) is 10.6. The quantitative estimate of drug-likeness (QED) is 0.854. The Morgan fingerprint density at radius 1 is 1.32 bits per heavy atom. The van der Waals surface area contributed by atoms with E-state index in [-0.39, 0.29) is 11.8 Å². The van der Waals surface area contributed by atoms with Gasteiger partial charge in [-0.2, -0.15) is 4.98 Å². The van der Waals surface area contributed by atoms with Gasteiger partial charge in [-0.1, -0.05) is 19.0 Å². The first kappa shape index (κ1) is 14.8. The maximum Gasteiger partial charge on any atom is 0.241 e. The minimum absolute atomic E-state index is 0.0540. The van der Waals surface area contributed by atoms with E-state index < -0.39 is 0 Å². The minimum atomic E-state index is 0.0540. The molecule has 1 saturated heterocycles. The van der Waals surface area contributed by atoms with Crippen LogP contribution in [0.25, 0.3) is 11.6 Å². The van der Waals surface area contributed by atoms with Crippen LogP contribution in [0.15, 0.2) is 27.3 Å². The molecule has 7 heteroatoms. The lowest BCUT2D eigenvalue weighted by Gasteiger charge is -2.34. The van der Waals surface area contributed by atoms with Gasteiger partial charge in [0, 0.05) is 32.1 Å². The van der Waals surface area contributed by atoms with Crippen LogP contribution in [0, 0.1) is 5.92 Å². The van der Waals surface area contributed by atoms with Crippen LogP contribution in [0.2, 0.25) is 0 Å². The van der Waals surface area contributed by atoms with Crippen LogP contribution in [0.3, 0.4) is 0 Å². The summed E-state index contributed by atoms with van der Waals surface area (Å²) in [6.07, 6.45) is 1.58. The molecule has 0 atom stereocenters. The number of hydrogen-bond donors (Lipinski definition) is 0. The van der Waals surface area contributed by atoms with Crippen molar-refractivity contribution in [1.82, 2.24) is 19.9 Å². The van der Waals surface area contributed by atoms with Gasteiger partial charge in [0.05, 0.1) is 12.8 Å². The summed E-state index contributed by atoms with van der Waals surface area (Å²) in [6, 6.07) is 3.58. The van der Waals surface area contributed by atoms with Gasteiger partial charge in [-0.15, -0.1) is 0 Å². The predicted octanol–water partition coefficient (Wildman–Crippen LogP) is 1.63. The number of amides is 1. The third-order valence-electron chi connectivity index (χ3n) is 3.75. The number of hydrogen-bond acceptors (Lipinski definition) is 6. The molecule has 2 aromatic rings. The third kappa shape index (κ3) is 3.19. The summed E-state index contributed by atoms with van der Waals surface area (Å²) in [5, 5.41) is 3.92. The van der Waals surface area contributed by atoms with Crippen LogP contribution >= 0.6 is 0 Å². The fraction of sp³-hybridized carbons (Fsp3) is 0.533. The van der Waals surface area contributed by atoms with E-state index in [9.17, 15) is 4.79 Å². The highest BCUT2D eigenvalue weighted by molar-refractivity contribution is 5.78. The van der Waals surface area contributed by atoms with Crippen molar-refractivity contribution >= 4 is 5.91 Å². The largest absolute Gasteiger partial charge is 0.461 e. The summed E-state index contributed by atoms with van der Waals surface area (Å²) in [7, 11) is 0. The minimum Gasteiger partial charge on any atom is -0.461 e. The summed E-state index contributed by atoms with van der Waals surface area (Å²) in [6.45, 7) is 7.59. The molecule has 3 heterocycles. The lowest BCUT2D eigenvalue weighted by Crippen LogP contribution is -2.49. The summed E-state index contributed by atoms with van der Waals surface area (Å²) in [5.74, 6) is 1.90. The molecule has 0 spiro atoms. The molecule has 22 heavy (non-hydrogen) atoms. The Kier molecular flexibility index (Phi) is 4.24. The molecule has 0 bridgehead atoms. The number of furan rings is 1. The summed E-state index contributed by atoms with van der Waals surface area (Å²) in [4.78, 5) is 20.4. The molecule has 7 nitrogen and oxygen atoms in total. The number of carbonyl (C=O) groups excluding carboxylic acids is 1. The molecule has 0 aliphatic carbocycles. The van der Waals surface area contributed by atoms with Gasteiger partial charge in [-0.3, -0.25) is 9.69 Å². The van der Waals surface area contributed by atoms with Gasteiger partial charge < -0.3 is 13.8 Å². The first-order valence-corrected chi connectivity index (χ1v) is 7.51. The lowest BCUT2D eigenvalue weighted by molar-refractivity contribution is -0.136. The molecule has 1 fully saturated rings. The van der Waals surface area contributed by atoms with Crippen LogP contribution < -0.4 is 0 Å². The van der Waals surface area contributed by atoms with Gasteiger partial charge in [0.1, 0.15) is 0 Å². The standard InChI is InChI=1S/C15H20N4O3/c1-11(2)15(20)19-7-5-18(6-8-19)10-13-16-14(17-22-13)12-4-3-9-21-12/h3-4,9,11H,5-8,10H2,1-2H3. The van der Waals surface area contributed by atoms with Crippen molar-refractivity contribution in [2.75, 3.05) is 26.2 Å². The van der Waals surface area contributed by atoms with Gasteiger partial charge in [-0.25, -0.2) is 0 Å². The van der Waals surface area contributed by atoms with E-state index in [0.29, 0.717) is 24.0 Å². The smallest absolute Gasteiger partial charge is 0.241 e. The monoisotopic (exact) mass is 304 g/mol. The van der Waals surface area contributed by atoms with Gasteiger partial charge in [-0.05, 0) is 12.1 Å². The van der Waals surface area contributed by atoms with Gasteiger partial charge in [0.2, 0.25) is 17.6 Å². The van der Waals surface area contributed by atoms with Crippen LogP contribution in [-0.4, -0.2) is 52.0 Å². The molecule has 0 saturated carbocycles. The second-order valence-corrected chi connectivity index (χ2v) is 5.75. The van der Waals surface area contributed by atoms with Crippen molar-refractivity contribution in [2.45, 2.75) is 20.4 Å². The molecule has 2 aromatic heterocycles. The zero-order valence-electron chi connectivity index (χ0n) is 12.9. The van der Waals surface area contributed by atoms with Crippen LogP contribution in [0.5, 0.6) is 0 Å². The third-order valence-corrected chi connectivity index (χ3v) is 3.75. The number of carbonyl (C=O) groups is 1. The maximum absolute atomic E-state index is 12.0. The maximum atomic E-state index is 12.0. The number of nitrogens with zero attached hydrogens (tertiary/aromatic N) is 4. The molecule has 0 N–H and O–H groups in total. The summed E-state index contributed by atoms with van der Waals surface area (Å²) >= 11 is 0. The second kappa shape index (κ2) is 6.31. The molecule has 0 unspecified atom stereocenters. The average Bonchev–Trinajstić information content (AvgIpc) is 3.18. The highest BCUT2D eigenvalue weighted by Gasteiger charge is 2.24. The molecule has 1 aliphatic heterocycles. The topological polar surface area (TPSA) is 75.6 Å². The van der Waals surface area contributed by atoms with Gasteiger partial charge in [0.15, 0.2) is 5.76 Å². The normalized spacial score (nSPS) is 16.4. The van der Waals surface area contributed by atoms with Crippen LogP contribution in [0.4, 0.5) is 0 Å². The zero-order chi connectivity index (χ0) is 15.5. The van der Waals surface area contributed by atoms with E-state index in [0.717, 1.165) is 26.2 Å². The number of rotatable bonds is 4. The van der Waals surface area contributed by atoms with E-state index >= 15 is 0 Å². The van der Waals surface area contributed by atoms with Crippen molar-refractivity contribution in [1.29, 1.82) is 0 Å². The summed E-state index contributed by atoms with van der Waals surface area (Å²) < 4.78 is 10.5. The SMILES string of the molecule is CC(C)C(=O)N1CCN(Cc2nc(-c3ccco3)no2)CC1. The molecular formula is C15H20N4O3. The van der Waals surface area contributed by atoms with Crippen LogP contribution in [-0.2, 0) is 11.3 Å². The number of aromatic nitrogens is 2. The molecule has 118 valence electrons. The van der Waals surface area contributed by atoms with E-state index in [4.69, 9.17) is 8.94 Å². The second-order valence-electron chi connectivity index (χ2n) is 5.75. The van der Waals surface area contributed by atoms with Crippen LogP contribution in [0.1, 0.15) is 19.7 Å². The van der Waals surface area contributed by atoms with Crippen molar-refractivity contribution < 1.29 is 13.7 Å². The van der Waals surface area contributed by atoms with Crippen molar-refractivity contribution in [3.8, 4) is 11.6 Å². The van der Waals surface area contributed by atoms with Gasteiger partial charge >= 0.3 is 0 Å². The predicted molar refractivity (Wildman–Crippen MR) is 78.7 cm³/mol. The molecule has 3 rings (SSSR count). The zero-order valence-corrected chi connectivity index (χ0v) is 12.9. The molecule has 0 radical (unpaired) electrons. The fourth-order valence-corrected chi connectivity index (χ4v) is 2.51. The van der Waals surface area contributed by atoms with Crippen molar-refractivity contribution in [3.63, 3.8) is 0 Å². The Labute approximate surface area is 128 Å². The highest BCUT2D eigenvalue weighted by atomic mass is 16.5. The van der Waals surface area contributed by atoms with Crippen molar-refractivity contribution in [2.24, 2.45) is 5.92 Å². The summed E-state index contributed by atoms with van der Waals surface area (Å²) in [5.41, 5.74) is 0. The molecule has 0 aromatic carbocycles. The Bertz CT molecular complexity index is 613. The fourth-order valence-electron chi connectivity index (χ4n) is 2.51. The Morgan fingerprint density at radius 3 is 2.73 bits per heavy atom. The first-order valence-electron chi connectivity index (χ1n) is 7.51. The lowest BCUT2D eigenvalue weighted by atomic mass is 10.1. The van der Waals surface area contributed by atoms with Gasteiger partial charge in [0.25, 0.3) is 0 Å². The van der Waals surface area contributed by atoms with E-state index in [2.05, 4.69) is 15.0 Å². The Hall–Kier alpha value is -2.15. The van der Waals surface area contributed by atoms with E-state index in [1.807, 2.05) is 18.7 Å². The molecule has 1 aliphatic rings. The highest BCUT2D eigenvalue weighted by Crippen LogP contribution is 2.17. The van der Waals surface area contributed by atoms with E-state index in [1.165, 1.54) is 0 Å². The van der Waals surface area contributed by atoms with Crippen molar-refractivity contribution in [3.05, 3.63) is 24.3 Å². The molecular weight excluding hydrogens is 284 g/mol. The Morgan fingerprint density at radius 2 is 2.09 bits per heavy atom. The molecule has 1 amide bonds. The average molecular weight is 304 g/mol. The number of piperazine rings is 1. The van der Waals surface area contributed by atoms with E-state index in [1.54, 1.807) is 18.4 Å².